The summed E-state index contributed by atoms with van der Waals surface area (Å²) in [5.74, 6) is 0.792. The van der Waals surface area contributed by atoms with Crippen molar-refractivity contribution in [3.63, 3.8) is 0 Å². The SMILES string of the molecule is CC(Nc1nc2ccccc2[nH]1)c1ccc(-c2cccnc2)cc1. The fourth-order valence-electron chi connectivity index (χ4n) is 2.81. The van der Waals surface area contributed by atoms with Gasteiger partial charge in [-0.1, -0.05) is 42.5 Å². The van der Waals surface area contributed by atoms with E-state index in [2.05, 4.69) is 57.5 Å². The number of nitrogens with one attached hydrogen (secondary N) is 2. The minimum Gasteiger partial charge on any atom is -0.349 e. The van der Waals surface area contributed by atoms with Gasteiger partial charge in [-0.3, -0.25) is 4.98 Å². The Morgan fingerprint density at radius 3 is 2.50 bits per heavy atom. The lowest BCUT2D eigenvalue weighted by atomic mass is 10.0. The Morgan fingerprint density at radius 2 is 1.75 bits per heavy atom. The molecule has 1 unspecified atom stereocenters. The monoisotopic (exact) mass is 314 g/mol. The number of rotatable bonds is 4. The molecule has 24 heavy (non-hydrogen) atoms. The maximum atomic E-state index is 4.57. The number of hydrogen-bond acceptors (Lipinski definition) is 3. The normalized spacial score (nSPS) is 12.2. The summed E-state index contributed by atoms with van der Waals surface area (Å²) < 4.78 is 0. The summed E-state index contributed by atoms with van der Waals surface area (Å²) in [6, 6.07) is 20.8. The molecular weight excluding hydrogens is 296 g/mol. The average Bonchev–Trinajstić information content (AvgIpc) is 3.05. The predicted molar refractivity (Wildman–Crippen MR) is 97.8 cm³/mol. The van der Waals surface area contributed by atoms with E-state index in [0.29, 0.717) is 0 Å². The summed E-state index contributed by atoms with van der Waals surface area (Å²) in [7, 11) is 0. The summed E-state index contributed by atoms with van der Waals surface area (Å²) >= 11 is 0. The number of aromatic nitrogens is 3. The zero-order valence-corrected chi connectivity index (χ0v) is 13.4. The minimum absolute atomic E-state index is 0.161. The Kier molecular flexibility index (Phi) is 3.71. The smallest absolute Gasteiger partial charge is 0.201 e. The van der Waals surface area contributed by atoms with Crippen LogP contribution in [0.15, 0.2) is 73.1 Å². The van der Waals surface area contributed by atoms with Crippen LogP contribution in [-0.4, -0.2) is 15.0 Å². The van der Waals surface area contributed by atoms with Crippen molar-refractivity contribution in [1.82, 2.24) is 15.0 Å². The van der Waals surface area contributed by atoms with Gasteiger partial charge in [-0.15, -0.1) is 0 Å². The zero-order chi connectivity index (χ0) is 16.4. The highest BCUT2D eigenvalue weighted by Crippen LogP contribution is 2.23. The first kappa shape index (κ1) is 14.5. The molecule has 4 aromatic rings. The van der Waals surface area contributed by atoms with Crippen LogP contribution in [0.1, 0.15) is 18.5 Å². The Hall–Kier alpha value is -3.14. The van der Waals surface area contributed by atoms with Crippen LogP contribution in [0.3, 0.4) is 0 Å². The predicted octanol–water partition coefficient (Wildman–Crippen LogP) is 4.80. The number of benzene rings is 2. The quantitative estimate of drug-likeness (QED) is 0.569. The molecule has 0 spiro atoms. The molecule has 0 saturated carbocycles. The van der Waals surface area contributed by atoms with Gasteiger partial charge in [-0.2, -0.15) is 0 Å². The van der Waals surface area contributed by atoms with Crippen LogP contribution >= 0.6 is 0 Å². The Morgan fingerprint density at radius 1 is 0.917 bits per heavy atom. The van der Waals surface area contributed by atoms with Crippen molar-refractivity contribution in [3.8, 4) is 11.1 Å². The molecule has 4 heteroatoms. The summed E-state index contributed by atoms with van der Waals surface area (Å²) in [4.78, 5) is 12.0. The third kappa shape index (κ3) is 2.86. The van der Waals surface area contributed by atoms with Gasteiger partial charge in [-0.05, 0) is 41.8 Å². The number of para-hydroxylation sites is 2. The number of imidazole rings is 1. The summed E-state index contributed by atoms with van der Waals surface area (Å²) in [6.07, 6.45) is 3.67. The van der Waals surface area contributed by atoms with E-state index in [1.807, 2.05) is 36.5 Å². The molecular formula is C20H18N4. The molecule has 0 bridgehead atoms. The van der Waals surface area contributed by atoms with Crippen LogP contribution in [0.4, 0.5) is 5.95 Å². The van der Waals surface area contributed by atoms with Gasteiger partial charge in [0, 0.05) is 12.4 Å². The van der Waals surface area contributed by atoms with Gasteiger partial charge in [0.15, 0.2) is 0 Å². The van der Waals surface area contributed by atoms with E-state index in [1.165, 1.54) is 11.1 Å². The van der Waals surface area contributed by atoms with Gasteiger partial charge in [0.25, 0.3) is 0 Å². The first-order valence-electron chi connectivity index (χ1n) is 8.01. The van der Waals surface area contributed by atoms with Crippen molar-refractivity contribution >= 4 is 17.0 Å². The third-order valence-electron chi connectivity index (χ3n) is 4.15. The molecule has 1 atom stereocenters. The minimum atomic E-state index is 0.161. The van der Waals surface area contributed by atoms with Crippen molar-refractivity contribution < 1.29 is 0 Å². The number of H-pyrrole nitrogens is 1. The lowest BCUT2D eigenvalue weighted by Gasteiger charge is -2.14. The van der Waals surface area contributed by atoms with Crippen LogP contribution in [0, 0.1) is 0 Å². The van der Waals surface area contributed by atoms with Gasteiger partial charge in [0.1, 0.15) is 0 Å². The molecule has 4 nitrogen and oxygen atoms in total. The second-order valence-electron chi connectivity index (χ2n) is 5.83. The fourth-order valence-corrected chi connectivity index (χ4v) is 2.81. The molecule has 0 radical (unpaired) electrons. The number of fused-ring (bicyclic) bond motifs is 1. The number of hydrogen-bond donors (Lipinski definition) is 2. The second-order valence-corrected chi connectivity index (χ2v) is 5.83. The number of anilines is 1. The molecule has 2 aromatic carbocycles. The summed E-state index contributed by atoms with van der Waals surface area (Å²) in [5, 5.41) is 3.43. The second kappa shape index (κ2) is 6.16. The van der Waals surface area contributed by atoms with E-state index in [4.69, 9.17) is 0 Å². The van der Waals surface area contributed by atoms with Crippen molar-refractivity contribution in [1.29, 1.82) is 0 Å². The maximum Gasteiger partial charge on any atom is 0.201 e. The summed E-state index contributed by atoms with van der Waals surface area (Å²) in [5.41, 5.74) is 5.52. The Bertz CT molecular complexity index is 909. The van der Waals surface area contributed by atoms with Crippen molar-refractivity contribution in [2.24, 2.45) is 0 Å². The number of nitrogens with zero attached hydrogens (tertiary/aromatic N) is 2. The molecule has 0 aliphatic heterocycles. The molecule has 4 rings (SSSR count). The standard InChI is InChI=1S/C20H18N4/c1-14(22-20-23-18-6-2-3-7-19(18)24-20)15-8-10-16(11-9-15)17-5-4-12-21-13-17/h2-14H,1H3,(H2,22,23,24). The molecule has 0 aliphatic carbocycles. The van der Waals surface area contributed by atoms with Crippen LogP contribution in [0.5, 0.6) is 0 Å². The molecule has 2 aromatic heterocycles. The highest BCUT2D eigenvalue weighted by atomic mass is 15.1. The molecule has 0 amide bonds. The number of pyridine rings is 1. The third-order valence-corrected chi connectivity index (χ3v) is 4.15. The first-order chi connectivity index (χ1) is 11.8. The Balaban J connectivity index is 1.52. The van der Waals surface area contributed by atoms with E-state index in [0.717, 1.165) is 22.5 Å². The van der Waals surface area contributed by atoms with E-state index in [9.17, 15) is 0 Å². The van der Waals surface area contributed by atoms with Crippen molar-refractivity contribution in [3.05, 3.63) is 78.6 Å². The van der Waals surface area contributed by atoms with E-state index in [1.54, 1.807) is 6.20 Å². The van der Waals surface area contributed by atoms with Crippen molar-refractivity contribution in [2.75, 3.05) is 5.32 Å². The Labute approximate surface area is 140 Å². The molecule has 0 fully saturated rings. The molecule has 2 heterocycles. The van der Waals surface area contributed by atoms with Crippen LogP contribution in [0.25, 0.3) is 22.2 Å². The van der Waals surface area contributed by atoms with Crippen LogP contribution in [0.2, 0.25) is 0 Å². The zero-order valence-electron chi connectivity index (χ0n) is 13.4. The van der Waals surface area contributed by atoms with Crippen LogP contribution < -0.4 is 5.32 Å². The molecule has 0 saturated heterocycles. The molecule has 0 aliphatic rings. The van der Waals surface area contributed by atoms with Gasteiger partial charge in [0.2, 0.25) is 5.95 Å². The maximum absolute atomic E-state index is 4.57. The van der Waals surface area contributed by atoms with Gasteiger partial charge in [0.05, 0.1) is 17.1 Å². The van der Waals surface area contributed by atoms with Gasteiger partial charge < -0.3 is 10.3 Å². The van der Waals surface area contributed by atoms with Crippen molar-refractivity contribution in [2.45, 2.75) is 13.0 Å². The van der Waals surface area contributed by atoms with Gasteiger partial charge >= 0.3 is 0 Å². The highest BCUT2D eigenvalue weighted by Gasteiger charge is 2.09. The molecule has 118 valence electrons. The van der Waals surface area contributed by atoms with E-state index >= 15 is 0 Å². The topological polar surface area (TPSA) is 53.6 Å². The van der Waals surface area contributed by atoms with E-state index < -0.39 is 0 Å². The van der Waals surface area contributed by atoms with Crippen LogP contribution in [-0.2, 0) is 0 Å². The molecule has 2 N–H and O–H groups in total. The summed E-state index contributed by atoms with van der Waals surface area (Å²) in [6.45, 7) is 2.13. The van der Waals surface area contributed by atoms with E-state index in [-0.39, 0.29) is 6.04 Å². The fraction of sp³-hybridized carbons (Fsp3) is 0.100. The van der Waals surface area contributed by atoms with Gasteiger partial charge in [-0.25, -0.2) is 4.98 Å². The lowest BCUT2D eigenvalue weighted by molar-refractivity contribution is 0.869. The first-order valence-corrected chi connectivity index (χ1v) is 8.01. The largest absolute Gasteiger partial charge is 0.349 e. The average molecular weight is 314 g/mol. The highest BCUT2D eigenvalue weighted by molar-refractivity contribution is 5.77. The number of aromatic amines is 1. The lowest BCUT2D eigenvalue weighted by Crippen LogP contribution is -2.07.